The van der Waals surface area contributed by atoms with Gasteiger partial charge in [-0.2, -0.15) is 0 Å². The maximum absolute atomic E-state index is 5.34. The summed E-state index contributed by atoms with van der Waals surface area (Å²) in [4.78, 5) is 14.4. The molecule has 3 heteroatoms. The first-order chi connectivity index (χ1) is 25.6. The Balaban J connectivity index is 1.28. The van der Waals surface area contributed by atoms with Gasteiger partial charge in [0.15, 0.2) is 0 Å². The molecule has 0 saturated carbocycles. The predicted molar refractivity (Wildman–Crippen MR) is 217 cm³/mol. The molecule has 0 unspecified atom stereocenters. The number of hydrogen-bond donors (Lipinski definition) is 0. The lowest BCUT2D eigenvalue weighted by molar-refractivity contribution is 1.01. The number of fused-ring (bicyclic) bond motifs is 3. The average molecular weight is 666 g/mol. The summed E-state index contributed by atoms with van der Waals surface area (Å²) in [5.41, 5.74) is 14.0. The van der Waals surface area contributed by atoms with Crippen molar-refractivity contribution in [2.45, 2.75) is 13.8 Å². The summed E-state index contributed by atoms with van der Waals surface area (Å²) in [6, 6.07) is 60.9. The van der Waals surface area contributed by atoms with Gasteiger partial charge in [-0.25, -0.2) is 15.0 Å². The van der Waals surface area contributed by atoms with E-state index >= 15 is 0 Å². The third kappa shape index (κ3) is 5.93. The van der Waals surface area contributed by atoms with E-state index in [1.165, 1.54) is 27.1 Å². The summed E-state index contributed by atoms with van der Waals surface area (Å²) >= 11 is 0. The van der Waals surface area contributed by atoms with E-state index < -0.39 is 0 Å². The highest BCUT2D eigenvalue weighted by molar-refractivity contribution is 6.14. The number of pyridine rings is 1. The van der Waals surface area contributed by atoms with Crippen LogP contribution in [0, 0.1) is 13.8 Å². The van der Waals surface area contributed by atoms with Gasteiger partial charge in [0.05, 0.1) is 11.4 Å². The van der Waals surface area contributed by atoms with Gasteiger partial charge in [-0.15, -0.1) is 0 Å². The zero-order chi connectivity index (χ0) is 35.0. The van der Waals surface area contributed by atoms with Gasteiger partial charge < -0.3 is 0 Å². The van der Waals surface area contributed by atoms with Crippen LogP contribution in [0.25, 0.3) is 88.6 Å². The van der Waals surface area contributed by atoms with Gasteiger partial charge in [-0.1, -0.05) is 133 Å². The third-order valence-electron chi connectivity index (χ3n) is 9.94. The maximum Gasteiger partial charge on any atom is 0.125 e. The van der Waals surface area contributed by atoms with Crippen molar-refractivity contribution >= 4 is 21.5 Å². The molecule has 52 heavy (non-hydrogen) atoms. The van der Waals surface area contributed by atoms with Crippen LogP contribution in [0.3, 0.4) is 0 Å². The molecule has 0 fully saturated rings. The van der Waals surface area contributed by atoms with Crippen molar-refractivity contribution < 1.29 is 0 Å². The number of aromatic nitrogens is 3. The van der Waals surface area contributed by atoms with Crippen molar-refractivity contribution in [2.75, 3.05) is 0 Å². The molecule has 0 radical (unpaired) electrons. The molecule has 9 rings (SSSR count). The Morgan fingerprint density at radius 3 is 1.62 bits per heavy atom. The molecule has 2 aromatic heterocycles. The van der Waals surface area contributed by atoms with Crippen LogP contribution in [-0.4, -0.2) is 15.0 Å². The molecule has 3 nitrogen and oxygen atoms in total. The maximum atomic E-state index is 5.34. The first-order valence-electron chi connectivity index (χ1n) is 17.7. The van der Waals surface area contributed by atoms with Crippen LogP contribution in [0.2, 0.25) is 0 Å². The third-order valence-corrected chi connectivity index (χ3v) is 9.94. The number of hydrogen-bond acceptors (Lipinski definition) is 3. The second-order valence-corrected chi connectivity index (χ2v) is 13.3. The first kappa shape index (κ1) is 31.3. The lowest BCUT2D eigenvalue weighted by Crippen LogP contribution is -1.94. The lowest BCUT2D eigenvalue weighted by atomic mass is 9.89. The van der Waals surface area contributed by atoms with Crippen molar-refractivity contribution in [1.82, 2.24) is 15.0 Å². The highest BCUT2D eigenvalue weighted by Gasteiger charge is 2.15. The normalized spacial score (nSPS) is 11.3. The van der Waals surface area contributed by atoms with Gasteiger partial charge in [-0.3, -0.25) is 0 Å². The Morgan fingerprint density at radius 1 is 0.346 bits per heavy atom. The van der Waals surface area contributed by atoms with Crippen LogP contribution in [-0.2, 0) is 0 Å². The Morgan fingerprint density at radius 2 is 0.885 bits per heavy atom. The molecule has 0 amide bonds. The zero-order valence-electron chi connectivity index (χ0n) is 29.1. The van der Waals surface area contributed by atoms with E-state index in [4.69, 9.17) is 4.98 Å². The molecular formula is C49H35N3. The Hall–Kier alpha value is -6.71. The van der Waals surface area contributed by atoms with Crippen molar-refractivity contribution in [3.05, 3.63) is 188 Å². The van der Waals surface area contributed by atoms with Crippen molar-refractivity contribution in [3.63, 3.8) is 0 Å². The number of nitrogens with zero attached hydrogens (tertiary/aromatic N) is 3. The van der Waals surface area contributed by atoms with E-state index in [-0.39, 0.29) is 0 Å². The zero-order valence-corrected chi connectivity index (χ0v) is 29.1. The van der Waals surface area contributed by atoms with Crippen LogP contribution >= 0.6 is 0 Å². The number of rotatable bonds is 6. The van der Waals surface area contributed by atoms with Gasteiger partial charge in [0.1, 0.15) is 5.82 Å². The number of benzene rings is 7. The molecule has 0 bridgehead atoms. The van der Waals surface area contributed by atoms with Crippen molar-refractivity contribution in [1.29, 1.82) is 0 Å². The monoisotopic (exact) mass is 665 g/mol. The highest BCUT2D eigenvalue weighted by Crippen LogP contribution is 2.40. The van der Waals surface area contributed by atoms with E-state index in [1.54, 1.807) is 0 Å². The summed E-state index contributed by atoms with van der Waals surface area (Å²) in [6.45, 7) is 3.97. The molecule has 246 valence electrons. The summed E-state index contributed by atoms with van der Waals surface area (Å²) in [6.07, 6.45) is 1.92. The van der Waals surface area contributed by atoms with E-state index in [9.17, 15) is 0 Å². The fraction of sp³-hybridized carbons (Fsp3) is 0.0408. The van der Waals surface area contributed by atoms with Gasteiger partial charge in [-0.05, 0) is 111 Å². The van der Waals surface area contributed by atoms with Gasteiger partial charge in [0.25, 0.3) is 0 Å². The molecule has 0 aliphatic carbocycles. The van der Waals surface area contributed by atoms with Gasteiger partial charge in [0.2, 0.25) is 0 Å². The van der Waals surface area contributed by atoms with Gasteiger partial charge >= 0.3 is 0 Å². The van der Waals surface area contributed by atoms with Crippen LogP contribution in [0.1, 0.15) is 11.5 Å². The molecular weight excluding hydrogens is 631 g/mol. The topological polar surface area (TPSA) is 38.7 Å². The number of aryl methyl sites for hydroxylation is 2. The fourth-order valence-electron chi connectivity index (χ4n) is 7.33. The van der Waals surface area contributed by atoms with E-state index in [1.807, 2.05) is 26.1 Å². The van der Waals surface area contributed by atoms with Crippen molar-refractivity contribution in [2.24, 2.45) is 0 Å². The Bertz CT molecular complexity index is 2680. The van der Waals surface area contributed by atoms with Crippen LogP contribution in [0.4, 0.5) is 0 Å². The molecule has 7 aromatic carbocycles. The molecule has 0 aliphatic rings. The average Bonchev–Trinajstić information content (AvgIpc) is 3.21. The summed E-state index contributed by atoms with van der Waals surface area (Å²) in [5.74, 6) is 0.781. The minimum Gasteiger partial charge on any atom is -0.248 e. The molecule has 0 atom stereocenters. The standard InChI is InChI=1S/C49H35N3/c1-32-47(31-50-33(2)51-32)36-23-21-35(22-24-36)39-25-41(46-28-38-17-9-10-18-43(38)44-19-11-12-20-45(44)46)27-42(26-39)49-30-40(34-13-5-3-6-14-34)29-48(52-49)37-15-7-4-8-16-37/h3-31H,1-2H3. The molecule has 0 aliphatic heterocycles. The Labute approximate surface area is 304 Å². The molecule has 0 N–H and O–H groups in total. The lowest BCUT2D eigenvalue weighted by Gasteiger charge is -2.16. The summed E-state index contributed by atoms with van der Waals surface area (Å²) < 4.78 is 0. The van der Waals surface area contributed by atoms with Crippen LogP contribution in [0.15, 0.2) is 176 Å². The minimum absolute atomic E-state index is 0.781. The quantitative estimate of drug-likeness (QED) is 0.166. The second kappa shape index (κ2) is 13.2. The molecule has 9 aromatic rings. The molecule has 0 spiro atoms. The van der Waals surface area contributed by atoms with Crippen molar-refractivity contribution in [3.8, 4) is 67.0 Å². The van der Waals surface area contributed by atoms with E-state index in [0.717, 1.165) is 73.0 Å². The van der Waals surface area contributed by atoms with Gasteiger partial charge in [0, 0.05) is 28.6 Å². The van der Waals surface area contributed by atoms with E-state index in [0.29, 0.717) is 0 Å². The SMILES string of the molecule is Cc1ncc(-c2ccc(-c3cc(-c4cc(-c5ccccc5)cc(-c5ccccc5)n4)cc(-c4cc5ccccc5c5ccccc45)c3)cc2)c(C)n1. The highest BCUT2D eigenvalue weighted by atomic mass is 14.9. The Kier molecular flexibility index (Phi) is 7.94. The fourth-order valence-corrected chi connectivity index (χ4v) is 7.33. The molecule has 2 heterocycles. The minimum atomic E-state index is 0.781. The van der Waals surface area contributed by atoms with Crippen LogP contribution < -0.4 is 0 Å². The smallest absolute Gasteiger partial charge is 0.125 e. The molecule has 0 saturated heterocycles. The predicted octanol–water partition coefficient (Wildman–Crippen LogP) is 12.8. The summed E-state index contributed by atoms with van der Waals surface area (Å²) in [5, 5.41) is 4.95. The second-order valence-electron chi connectivity index (χ2n) is 13.3. The van der Waals surface area contributed by atoms with E-state index in [2.05, 4.69) is 174 Å². The van der Waals surface area contributed by atoms with Crippen LogP contribution in [0.5, 0.6) is 0 Å². The first-order valence-corrected chi connectivity index (χ1v) is 17.7. The largest absolute Gasteiger partial charge is 0.248 e. The summed E-state index contributed by atoms with van der Waals surface area (Å²) in [7, 11) is 0.